The van der Waals surface area contributed by atoms with Gasteiger partial charge in [-0.1, -0.05) is 12.1 Å². The second-order valence-corrected chi connectivity index (χ2v) is 8.72. The Morgan fingerprint density at radius 1 is 0.647 bits per heavy atom. The van der Waals surface area contributed by atoms with Gasteiger partial charge in [0.1, 0.15) is 17.2 Å². The number of hydrogen-bond donors (Lipinski definition) is 3. The summed E-state index contributed by atoms with van der Waals surface area (Å²) in [4.78, 5) is 2.01. The van der Waals surface area contributed by atoms with E-state index >= 15 is 0 Å². The van der Waals surface area contributed by atoms with Crippen LogP contribution < -0.4 is 9.64 Å². The minimum atomic E-state index is 0.0618. The predicted molar refractivity (Wildman–Crippen MR) is 136 cm³/mol. The Hall–Kier alpha value is -4.12. The second kappa shape index (κ2) is 9.02. The summed E-state index contributed by atoms with van der Waals surface area (Å²) in [7, 11) is 0. The summed E-state index contributed by atoms with van der Waals surface area (Å²) in [5.41, 5.74) is 7.25. The molecule has 5 heteroatoms. The topological polar surface area (TPSA) is 73.2 Å². The Balaban J connectivity index is 1.91. The molecular weight excluding hydrogens is 426 g/mol. The number of aromatic hydroxyl groups is 3. The summed E-state index contributed by atoms with van der Waals surface area (Å²) in [6, 6.07) is 19.6. The van der Waals surface area contributed by atoms with Crippen molar-refractivity contribution in [2.45, 2.75) is 34.6 Å². The van der Waals surface area contributed by atoms with Gasteiger partial charge in [0.05, 0.1) is 11.4 Å². The zero-order valence-electron chi connectivity index (χ0n) is 20.0. The van der Waals surface area contributed by atoms with Gasteiger partial charge in [0.15, 0.2) is 11.5 Å². The van der Waals surface area contributed by atoms with Crippen LogP contribution in [0.15, 0.2) is 66.7 Å². The van der Waals surface area contributed by atoms with Crippen LogP contribution >= 0.6 is 0 Å². The van der Waals surface area contributed by atoms with E-state index in [2.05, 4.69) is 0 Å². The Morgan fingerprint density at radius 3 is 1.82 bits per heavy atom. The van der Waals surface area contributed by atoms with E-state index in [0.29, 0.717) is 11.5 Å². The Kier molecular flexibility index (Phi) is 6.12. The average molecular weight is 456 g/mol. The third kappa shape index (κ3) is 4.50. The monoisotopic (exact) mass is 455 g/mol. The van der Waals surface area contributed by atoms with Crippen LogP contribution in [-0.2, 0) is 0 Å². The molecule has 4 aromatic carbocycles. The second-order valence-electron chi connectivity index (χ2n) is 8.72. The molecule has 0 bridgehead atoms. The molecule has 4 rings (SSSR count). The molecule has 5 nitrogen and oxygen atoms in total. The van der Waals surface area contributed by atoms with Gasteiger partial charge in [-0.3, -0.25) is 0 Å². The zero-order chi connectivity index (χ0) is 24.6. The number of anilines is 3. The van der Waals surface area contributed by atoms with Crippen molar-refractivity contribution >= 4 is 17.1 Å². The number of phenols is 3. The van der Waals surface area contributed by atoms with Crippen LogP contribution in [0, 0.1) is 34.6 Å². The molecule has 0 radical (unpaired) electrons. The smallest absolute Gasteiger partial charge is 0.169 e. The Morgan fingerprint density at radius 2 is 1.24 bits per heavy atom. The van der Waals surface area contributed by atoms with Crippen molar-refractivity contribution in [3.8, 4) is 28.7 Å². The van der Waals surface area contributed by atoms with Crippen molar-refractivity contribution in [2.24, 2.45) is 0 Å². The van der Waals surface area contributed by atoms with Gasteiger partial charge in [-0.15, -0.1) is 0 Å². The number of hydrogen-bond acceptors (Lipinski definition) is 5. The molecule has 0 atom stereocenters. The van der Waals surface area contributed by atoms with Crippen molar-refractivity contribution in [3.63, 3.8) is 0 Å². The van der Waals surface area contributed by atoms with E-state index in [1.54, 1.807) is 36.4 Å². The maximum atomic E-state index is 10.4. The number of nitrogens with zero attached hydrogens (tertiary/aromatic N) is 1. The van der Waals surface area contributed by atoms with Crippen molar-refractivity contribution in [1.29, 1.82) is 0 Å². The molecule has 0 aliphatic carbocycles. The third-order valence-corrected chi connectivity index (χ3v) is 6.15. The lowest BCUT2D eigenvalue weighted by Crippen LogP contribution is -2.14. The number of benzene rings is 4. The number of phenolic OH excluding ortho intramolecular Hbond substituents is 3. The lowest BCUT2D eigenvalue weighted by molar-refractivity contribution is 0.411. The Bertz CT molecular complexity index is 1320. The quantitative estimate of drug-likeness (QED) is 0.289. The zero-order valence-corrected chi connectivity index (χ0v) is 20.0. The molecule has 0 spiro atoms. The molecule has 0 saturated carbocycles. The molecule has 0 aliphatic heterocycles. The summed E-state index contributed by atoms with van der Waals surface area (Å²) < 4.78 is 6.03. The van der Waals surface area contributed by atoms with Gasteiger partial charge < -0.3 is 25.0 Å². The van der Waals surface area contributed by atoms with Crippen molar-refractivity contribution in [1.82, 2.24) is 0 Å². The minimum Gasteiger partial charge on any atom is -0.508 e. The summed E-state index contributed by atoms with van der Waals surface area (Å²) in [6.45, 7) is 9.86. The van der Waals surface area contributed by atoms with Crippen LogP contribution in [-0.4, -0.2) is 15.3 Å². The Labute approximate surface area is 200 Å². The average Bonchev–Trinajstić information content (AvgIpc) is 2.78. The van der Waals surface area contributed by atoms with Crippen molar-refractivity contribution in [3.05, 3.63) is 94.5 Å². The van der Waals surface area contributed by atoms with Crippen molar-refractivity contribution in [2.75, 3.05) is 4.90 Å². The first kappa shape index (κ1) is 23.1. The summed E-state index contributed by atoms with van der Waals surface area (Å²) in [6.07, 6.45) is 0. The molecule has 3 N–H and O–H groups in total. The van der Waals surface area contributed by atoms with Gasteiger partial charge >= 0.3 is 0 Å². The van der Waals surface area contributed by atoms with Crippen LogP contribution in [0.5, 0.6) is 28.7 Å². The van der Waals surface area contributed by atoms with Crippen molar-refractivity contribution < 1.29 is 20.1 Å². The molecule has 0 saturated heterocycles. The fourth-order valence-electron chi connectivity index (χ4n) is 4.03. The molecular formula is C29H29NO4. The fourth-order valence-corrected chi connectivity index (χ4v) is 4.03. The molecule has 174 valence electrons. The van der Waals surface area contributed by atoms with Crippen LogP contribution in [0.4, 0.5) is 17.1 Å². The van der Waals surface area contributed by atoms with Crippen LogP contribution in [0.1, 0.15) is 27.8 Å². The maximum Gasteiger partial charge on any atom is 0.169 e. The molecule has 0 aliphatic rings. The largest absolute Gasteiger partial charge is 0.508 e. The molecule has 0 amide bonds. The maximum absolute atomic E-state index is 10.4. The van der Waals surface area contributed by atoms with Gasteiger partial charge in [-0.05, 0) is 98.8 Å². The van der Waals surface area contributed by atoms with E-state index in [1.807, 2.05) is 69.9 Å². The fraction of sp³-hybridized carbons (Fsp3) is 0.172. The molecule has 4 aromatic rings. The predicted octanol–water partition coefficient (Wildman–Crippen LogP) is 7.61. The number of aryl methyl sites for hydroxylation is 3. The number of ether oxygens (including phenoxy) is 1. The number of rotatable bonds is 5. The molecule has 0 unspecified atom stereocenters. The highest BCUT2D eigenvalue weighted by atomic mass is 16.5. The molecule has 34 heavy (non-hydrogen) atoms. The molecule has 0 aromatic heterocycles. The lowest BCUT2D eigenvalue weighted by Gasteiger charge is -2.30. The van der Waals surface area contributed by atoms with E-state index in [4.69, 9.17) is 4.74 Å². The van der Waals surface area contributed by atoms with Gasteiger partial charge in [-0.2, -0.15) is 0 Å². The summed E-state index contributed by atoms with van der Waals surface area (Å²) in [5, 5.41) is 31.1. The summed E-state index contributed by atoms with van der Waals surface area (Å²) >= 11 is 0. The standard InChI is InChI=1S/C29H29NO4/c1-17-9-10-28(33)29(11-17)34-25-8-6-7-22(14-25)30(26-15-23(31)12-18(2)20(26)4)27-16-24(32)13-19(3)21(27)5/h6-16,31-33H,1-5H3. The van der Waals surface area contributed by atoms with E-state index in [1.165, 1.54) is 0 Å². The van der Waals surface area contributed by atoms with Crippen LogP contribution in [0.25, 0.3) is 0 Å². The highest BCUT2D eigenvalue weighted by Crippen LogP contribution is 2.44. The van der Waals surface area contributed by atoms with Gasteiger partial charge in [0.2, 0.25) is 0 Å². The highest BCUT2D eigenvalue weighted by Gasteiger charge is 2.21. The first-order valence-electron chi connectivity index (χ1n) is 11.1. The summed E-state index contributed by atoms with van der Waals surface area (Å²) in [5.74, 6) is 1.31. The van der Waals surface area contributed by atoms with Crippen LogP contribution in [0.3, 0.4) is 0 Å². The lowest BCUT2D eigenvalue weighted by atomic mass is 10.0. The van der Waals surface area contributed by atoms with E-state index < -0.39 is 0 Å². The third-order valence-electron chi connectivity index (χ3n) is 6.15. The van der Waals surface area contributed by atoms with E-state index in [9.17, 15) is 15.3 Å². The minimum absolute atomic E-state index is 0.0618. The van der Waals surface area contributed by atoms with Crippen LogP contribution in [0.2, 0.25) is 0 Å². The van der Waals surface area contributed by atoms with E-state index in [0.717, 1.165) is 44.9 Å². The molecule has 0 heterocycles. The normalized spacial score (nSPS) is 10.9. The molecule has 0 fully saturated rings. The van der Waals surface area contributed by atoms with Gasteiger partial charge in [-0.25, -0.2) is 0 Å². The SMILES string of the molecule is Cc1ccc(O)c(Oc2cccc(N(c3cc(O)cc(C)c3C)c3cc(O)cc(C)c3C)c2)c1. The highest BCUT2D eigenvalue weighted by molar-refractivity contribution is 5.83. The first-order valence-corrected chi connectivity index (χ1v) is 11.1. The van der Waals surface area contributed by atoms with E-state index in [-0.39, 0.29) is 17.2 Å². The van der Waals surface area contributed by atoms with Gasteiger partial charge in [0, 0.05) is 23.9 Å². The first-order chi connectivity index (χ1) is 16.1. The van der Waals surface area contributed by atoms with Gasteiger partial charge in [0.25, 0.3) is 0 Å².